The Hall–Kier alpha value is -3.17. The standard InChI is InChI=1S/C31H19I/c32-21-10-7-9-20(19-21)22-14-8-18-29-30(22)25-13-3-6-17-28(25)31(29)26-15-4-1-11-23(26)24-12-2-5-16-27(24)31/h1-19H. The quantitative estimate of drug-likeness (QED) is 0.192. The van der Waals surface area contributed by atoms with E-state index in [-0.39, 0.29) is 5.41 Å². The molecule has 0 radical (unpaired) electrons. The zero-order chi connectivity index (χ0) is 21.3. The minimum atomic E-state index is -0.267. The second-order valence-corrected chi connectivity index (χ2v) is 9.87. The van der Waals surface area contributed by atoms with Gasteiger partial charge in [-0.05, 0) is 90.4 Å². The number of fused-ring (bicyclic) bond motifs is 10. The molecule has 0 fully saturated rings. The largest absolute Gasteiger partial charge is 0.0725 e. The van der Waals surface area contributed by atoms with Crippen LogP contribution in [-0.4, -0.2) is 0 Å². The van der Waals surface area contributed by atoms with E-state index in [4.69, 9.17) is 0 Å². The first-order chi connectivity index (χ1) is 15.8. The first-order valence-corrected chi connectivity index (χ1v) is 12.1. The fraction of sp³-hybridized carbons (Fsp3) is 0.0323. The van der Waals surface area contributed by atoms with Gasteiger partial charge in [-0.2, -0.15) is 0 Å². The Balaban J connectivity index is 1.67. The Kier molecular flexibility index (Phi) is 3.83. The summed E-state index contributed by atoms with van der Waals surface area (Å²) >= 11 is 2.41. The Morgan fingerprint density at radius 3 is 1.59 bits per heavy atom. The van der Waals surface area contributed by atoms with Crippen LogP contribution in [0.2, 0.25) is 0 Å². The van der Waals surface area contributed by atoms with Crippen LogP contribution in [0, 0.1) is 3.57 Å². The molecule has 1 spiro atoms. The molecule has 5 aromatic rings. The molecule has 2 aliphatic carbocycles. The van der Waals surface area contributed by atoms with Gasteiger partial charge in [0.25, 0.3) is 0 Å². The van der Waals surface area contributed by atoms with Crippen LogP contribution in [0.25, 0.3) is 33.4 Å². The van der Waals surface area contributed by atoms with Crippen LogP contribution in [0.1, 0.15) is 22.3 Å². The van der Waals surface area contributed by atoms with Crippen molar-refractivity contribution in [3.05, 3.63) is 141 Å². The summed E-state index contributed by atoms with van der Waals surface area (Å²) in [5.74, 6) is 0. The molecule has 0 atom stereocenters. The van der Waals surface area contributed by atoms with Gasteiger partial charge in [-0.25, -0.2) is 0 Å². The molecular formula is C31H19I. The molecule has 32 heavy (non-hydrogen) atoms. The van der Waals surface area contributed by atoms with Crippen LogP contribution < -0.4 is 0 Å². The number of hydrogen-bond acceptors (Lipinski definition) is 0. The van der Waals surface area contributed by atoms with E-state index in [1.54, 1.807) is 0 Å². The van der Waals surface area contributed by atoms with E-state index in [9.17, 15) is 0 Å². The molecule has 0 saturated heterocycles. The lowest BCUT2D eigenvalue weighted by Gasteiger charge is -2.30. The minimum Gasteiger partial charge on any atom is -0.0619 e. The third kappa shape index (κ3) is 2.22. The molecule has 5 aromatic carbocycles. The predicted molar refractivity (Wildman–Crippen MR) is 141 cm³/mol. The highest BCUT2D eigenvalue weighted by atomic mass is 127. The minimum absolute atomic E-state index is 0.267. The summed E-state index contributed by atoms with van der Waals surface area (Å²) in [6, 6.07) is 42.7. The van der Waals surface area contributed by atoms with Gasteiger partial charge < -0.3 is 0 Å². The molecule has 0 aliphatic heterocycles. The van der Waals surface area contributed by atoms with E-state index < -0.39 is 0 Å². The number of halogens is 1. The van der Waals surface area contributed by atoms with Crippen LogP contribution in [0.5, 0.6) is 0 Å². The van der Waals surface area contributed by atoms with Gasteiger partial charge in [0.15, 0.2) is 0 Å². The van der Waals surface area contributed by atoms with Gasteiger partial charge in [-0.1, -0.05) is 103 Å². The van der Waals surface area contributed by atoms with E-state index in [1.807, 2.05) is 0 Å². The summed E-state index contributed by atoms with van der Waals surface area (Å²) in [5.41, 5.74) is 13.3. The number of rotatable bonds is 1. The SMILES string of the molecule is Ic1cccc(-c2cccc3c2-c2ccccc2C32c3ccccc3-c3ccccc32)c1. The van der Waals surface area contributed by atoms with Crippen LogP contribution in [0.15, 0.2) is 115 Å². The summed E-state index contributed by atoms with van der Waals surface area (Å²) in [6.07, 6.45) is 0. The lowest BCUT2D eigenvalue weighted by molar-refractivity contribution is 0.794. The Morgan fingerprint density at radius 2 is 0.938 bits per heavy atom. The molecule has 2 aliphatic rings. The summed E-state index contributed by atoms with van der Waals surface area (Å²) in [4.78, 5) is 0. The molecular weight excluding hydrogens is 499 g/mol. The molecule has 0 unspecified atom stereocenters. The van der Waals surface area contributed by atoms with Gasteiger partial charge in [-0.15, -0.1) is 0 Å². The molecule has 0 N–H and O–H groups in total. The molecule has 0 amide bonds. The fourth-order valence-corrected chi connectivity index (χ4v) is 6.58. The summed E-state index contributed by atoms with van der Waals surface area (Å²) < 4.78 is 1.26. The molecule has 0 bridgehead atoms. The maximum Gasteiger partial charge on any atom is 0.0725 e. The number of benzene rings is 5. The van der Waals surface area contributed by atoms with Gasteiger partial charge in [0.2, 0.25) is 0 Å². The first kappa shape index (κ1) is 18.4. The second-order valence-electron chi connectivity index (χ2n) is 8.63. The van der Waals surface area contributed by atoms with Crippen molar-refractivity contribution < 1.29 is 0 Å². The van der Waals surface area contributed by atoms with Crippen LogP contribution in [0.4, 0.5) is 0 Å². The molecule has 1 heteroatoms. The van der Waals surface area contributed by atoms with Crippen LogP contribution >= 0.6 is 22.6 Å². The Morgan fingerprint density at radius 1 is 0.438 bits per heavy atom. The maximum absolute atomic E-state index is 2.41. The molecule has 150 valence electrons. The van der Waals surface area contributed by atoms with E-state index in [0.717, 1.165) is 0 Å². The van der Waals surface area contributed by atoms with Crippen LogP contribution in [-0.2, 0) is 5.41 Å². The van der Waals surface area contributed by atoms with Crippen LogP contribution in [0.3, 0.4) is 0 Å². The third-order valence-corrected chi connectivity index (χ3v) is 7.83. The zero-order valence-electron chi connectivity index (χ0n) is 17.3. The van der Waals surface area contributed by atoms with Crippen molar-refractivity contribution in [1.29, 1.82) is 0 Å². The van der Waals surface area contributed by atoms with Crippen molar-refractivity contribution in [2.75, 3.05) is 0 Å². The van der Waals surface area contributed by atoms with Gasteiger partial charge >= 0.3 is 0 Å². The van der Waals surface area contributed by atoms with Crippen molar-refractivity contribution in [3.63, 3.8) is 0 Å². The van der Waals surface area contributed by atoms with Gasteiger partial charge in [0, 0.05) is 3.57 Å². The van der Waals surface area contributed by atoms with E-state index >= 15 is 0 Å². The average Bonchev–Trinajstić information content (AvgIpc) is 3.32. The lowest BCUT2D eigenvalue weighted by atomic mass is 9.70. The summed E-state index contributed by atoms with van der Waals surface area (Å²) in [7, 11) is 0. The summed E-state index contributed by atoms with van der Waals surface area (Å²) in [5, 5.41) is 0. The Bertz CT molecular complexity index is 1500. The van der Waals surface area contributed by atoms with Crippen molar-refractivity contribution in [1.82, 2.24) is 0 Å². The van der Waals surface area contributed by atoms with E-state index in [0.29, 0.717) is 0 Å². The fourth-order valence-electron chi connectivity index (χ4n) is 6.04. The second kappa shape index (κ2) is 6.66. The lowest BCUT2D eigenvalue weighted by Crippen LogP contribution is -2.25. The highest BCUT2D eigenvalue weighted by Gasteiger charge is 2.51. The molecule has 0 nitrogen and oxygen atoms in total. The molecule has 0 saturated carbocycles. The first-order valence-electron chi connectivity index (χ1n) is 11.0. The smallest absolute Gasteiger partial charge is 0.0619 e. The third-order valence-electron chi connectivity index (χ3n) is 7.16. The Labute approximate surface area is 201 Å². The molecule has 0 aromatic heterocycles. The van der Waals surface area contributed by atoms with Gasteiger partial charge in [0.1, 0.15) is 0 Å². The highest BCUT2D eigenvalue weighted by Crippen LogP contribution is 2.63. The average molecular weight is 518 g/mol. The van der Waals surface area contributed by atoms with Gasteiger partial charge in [0.05, 0.1) is 5.41 Å². The van der Waals surface area contributed by atoms with Crippen molar-refractivity contribution in [3.8, 4) is 33.4 Å². The topological polar surface area (TPSA) is 0 Å². The zero-order valence-corrected chi connectivity index (χ0v) is 19.5. The van der Waals surface area contributed by atoms with E-state index in [2.05, 4.69) is 138 Å². The molecule has 7 rings (SSSR count). The van der Waals surface area contributed by atoms with Crippen molar-refractivity contribution in [2.24, 2.45) is 0 Å². The van der Waals surface area contributed by atoms with Gasteiger partial charge in [-0.3, -0.25) is 0 Å². The van der Waals surface area contributed by atoms with Crippen molar-refractivity contribution >= 4 is 22.6 Å². The molecule has 0 heterocycles. The predicted octanol–water partition coefficient (Wildman–Crippen LogP) is 8.30. The monoisotopic (exact) mass is 518 g/mol. The van der Waals surface area contributed by atoms with Crippen molar-refractivity contribution in [2.45, 2.75) is 5.41 Å². The maximum atomic E-state index is 2.41. The normalized spacial score (nSPS) is 14.0. The number of hydrogen-bond donors (Lipinski definition) is 0. The highest BCUT2D eigenvalue weighted by molar-refractivity contribution is 14.1. The van der Waals surface area contributed by atoms with E-state index in [1.165, 1.54) is 59.2 Å². The summed E-state index contributed by atoms with van der Waals surface area (Å²) in [6.45, 7) is 0.